The SMILES string of the molecule is CC=CC(OC)=C(C)OCC(CC)CCCC. The Morgan fingerprint density at radius 1 is 1.29 bits per heavy atom. The van der Waals surface area contributed by atoms with Crippen LogP contribution in [-0.2, 0) is 9.47 Å². The summed E-state index contributed by atoms with van der Waals surface area (Å²) in [6.07, 6.45) is 8.87. The van der Waals surface area contributed by atoms with Gasteiger partial charge in [0.05, 0.1) is 13.7 Å². The van der Waals surface area contributed by atoms with Crippen LogP contribution in [0.1, 0.15) is 53.4 Å². The Hall–Kier alpha value is -0.920. The first-order valence-electron chi connectivity index (χ1n) is 6.69. The summed E-state index contributed by atoms with van der Waals surface area (Å²) in [5, 5.41) is 0. The van der Waals surface area contributed by atoms with E-state index in [1.165, 1.54) is 25.7 Å². The maximum absolute atomic E-state index is 5.80. The normalized spacial score (nSPS) is 14.6. The van der Waals surface area contributed by atoms with Crippen LogP contribution in [0.3, 0.4) is 0 Å². The van der Waals surface area contributed by atoms with Gasteiger partial charge in [0.1, 0.15) is 5.76 Å². The van der Waals surface area contributed by atoms with Crippen LogP contribution in [-0.4, -0.2) is 13.7 Å². The maximum Gasteiger partial charge on any atom is 0.155 e. The van der Waals surface area contributed by atoms with Crippen LogP contribution >= 0.6 is 0 Å². The van der Waals surface area contributed by atoms with Crippen molar-refractivity contribution in [1.29, 1.82) is 0 Å². The Labute approximate surface area is 107 Å². The molecule has 0 aromatic heterocycles. The molecular weight excluding hydrogens is 212 g/mol. The molecule has 0 fully saturated rings. The molecule has 0 saturated carbocycles. The zero-order valence-corrected chi connectivity index (χ0v) is 12.1. The van der Waals surface area contributed by atoms with Crippen LogP contribution in [0.15, 0.2) is 23.7 Å². The van der Waals surface area contributed by atoms with Gasteiger partial charge in [-0.05, 0) is 32.3 Å². The third-order valence-corrected chi connectivity index (χ3v) is 2.96. The Morgan fingerprint density at radius 3 is 2.47 bits per heavy atom. The van der Waals surface area contributed by atoms with Gasteiger partial charge in [-0.25, -0.2) is 0 Å². The van der Waals surface area contributed by atoms with E-state index >= 15 is 0 Å². The standard InChI is InChI=1S/C15H28O2/c1-6-9-11-14(8-3)12-17-13(4)15(16-5)10-7-2/h7,10,14H,6,8-9,11-12H2,1-5H3. The van der Waals surface area contributed by atoms with Crippen LogP contribution in [0.5, 0.6) is 0 Å². The summed E-state index contributed by atoms with van der Waals surface area (Å²) in [7, 11) is 1.68. The lowest BCUT2D eigenvalue weighted by Gasteiger charge is -2.16. The molecule has 0 saturated heterocycles. The second kappa shape index (κ2) is 10.2. The van der Waals surface area contributed by atoms with Gasteiger partial charge in [-0.15, -0.1) is 0 Å². The lowest BCUT2D eigenvalue weighted by molar-refractivity contribution is 0.140. The van der Waals surface area contributed by atoms with Gasteiger partial charge in [0.25, 0.3) is 0 Å². The smallest absolute Gasteiger partial charge is 0.155 e. The highest BCUT2D eigenvalue weighted by Crippen LogP contribution is 2.16. The largest absolute Gasteiger partial charge is 0.494 e. The summed E-state index contributed by atoms with van der Waals surface area (Å²) < 4.78 is 11.1. The second-order valence-corrected chi connectivity index (χ2v) is 4.35. The van der Waals surface area contributed by atoms with Gasteiger partial charge < -0.3 is 9.47 Å². The van der Waals surface area contributed by atoms with Crippen molar-refractivity contribution in [2.45, 2.75) is 53.4 Å². The Bertz CT molecular complexity index is 241. The molecule has 1 unspecified atom stereocenters. The van der Waals surface area contributed by atoms with E-state index in [9.17, 15) is 0 Å². The molecule has 1 atom stereocenters. The van der Waals surface area contributed by atoms with Crippen LogP contribution in [0.2, 0.25) is 0 Å². The maximum atomic E-state index is 5.80. The summed E-state index contributed by atoms with van der Waals surface area (Å²) in [5.74, 6) is 2.35. The molecule has 0 N–H and O–H groups in total. The fourth-order valence-corrected chi connectivity index (χ4v) is 1.69. The fraction of sp³-hybridized carbons (Fsp3) is 0.733. The quantitative estimate of drug-likeness (QED) is 0.430. The third-order valence-electron chi connectivity index (χ3n) is 2.96. The minimum absolute atomic E-state index is 0.661. The lowest BCUT2D eigenvalue weighted by Crippen LogP contribution is -2.09. The molecule has 0 bridgehead atoms. The third kappa shape index (κ3) is 7.09. The van der Waals surface area contributed by atoms with E-state index in [4.69, 9.17) is 9.47 Å². The van der Waals surface area contributed by atoms with Gasteiger partial charge in [0.2, 0.25) is 0 Å². The molecule has 0 aliphatic carbocycles. The van der Waals surface area contributed by atoms with Crippen molar-refractivity contribution in [3.8, 4) is 0 Å². The molecule has 0 amide bonds. The molecular formula is C15H28O2. The number of methoxy groups -OCH3 is 1. The number of hydrogen-bond donors (Lipinski definition) is 0. The van der Waals surface area contributed by atoms with E-state index in [0.29, 0.717) is 5.92 Å². The first-order chi connectivity index (χ1) is 8.19. The van der Waals surface area contributed by atoms with E-state index < -0.39 is 0 Å². The van der Waals surface area contributed by atoms with Crippen molar-refractivity contribution in [2.75, 3.05) is 13.7 Å². The highest BCUT2D eigenvalue weighted by molar-refractivity contribution is 5.14. The lowest BCUT2D eigenvalue weighted by atomic mass is 10.0. The summed E-state index contributed by atoms with van der Waals surface area (Å²) in [5.41, 5.74) is 0. The predicted octanol–water partition coefficient (Wildman–Crippen LogP) is 4.67. The minimum Gasteiger partial charge on any atom is -0.494 e. The van der Waals surface area contributed by atoms with Gasteiger partial charge in [0.15, 0.2) is 5.76 Å². The Kier molecular flexibility index (Phi) is 9.69. The molecule has 0 aromatic carbocycles. The van der Waals surface area contributed by atoms with Crippen LogP contribution in [0.25, 0.3) is 0 Å². The monoisotopic (exact) mass is 240 g/mol. The van der Waals surface area contributed by atoms with Gasteiger partial charge in [-0.1, -0.05) is 39.2 Å². The molecule has 0 aliphatic heterocycles. The average Bonchev–Trinajstić information content (AvgIpc) is 2.35. The first-order valence-corrected chi connectivity index (χ1v) is 6.69. The number of rotatable bonds is 9. The van der Waals surface area contributed by atoms with E-state index in [0.717, 1.165) is 18.1 Å². The molecule has 0 aromatic rings. The molecule has 2 nitrogen and oxygen atoms in total. The van der Waals surface area contributed by atoms with E-state index in [1.54, 1.807) is 7.11 Å². The van der Waals surface area contributed by atoms with E-state index in [1.807, 2.05) is 26.0 Å². The minimum atomic E-state index is 0.661. The van der Waals surface area contributed by atoms with Crippen LogP contribution in [0.4, 0.5) is 0 Å². The van der Waals surface area contributed by atoms with Crippen molar-refractivity contribution in [2.24, 2.45) is 5.92 Å². The van der Waals surface area contributed by atoms with Crippen LogP contribution in [0, 0.1) is 5.92 Å². The molecule has 0 heterocycles. The van der Waals surface area contributed by atoms with E-state index in [2.05, 4.69) is 13.8 Å². The Morgan fingerprint density at radius 2 is 2.00 bits per heavy atom. The average molecular weight is 240 g/mol. The van der Waals surface area contributed by atoms with E-state index in [-0.39, 0.29) is 0 Å². The summed E-state index contributed by atoms with van der Waals surface area (Å²) in [6.45, 7) is 9.19. The van der Waals surface area contributed by atoms with Crippen molar-refractivity contribution in [1.82, 2.24) is 0 Å². The molecule has 17 heavy (non-hydrogen) atoms. The highest BCUT2D eigenvalue weighted by Gasteiger charge is 2.08. The number of unbranched alkanes of at least 4 members (excludes halogenated alkanes) is 1. The topological polar surface area (TPSA) is 18.5 Å². The molecule has 0 rings (SSSR count). The van der Waals surface area contributed by atoms with Crippen molar-refractivity contribution >= 4 is 0 Å². The number of hydrogen-bond acceptors (Lipinski definition) is 2. The summed E-state index contributed by atoms with van der Waals surface area (Å²) in [4.78, 5) is 0. The first kappa shape index (κ1) is 16.1. The van der Waals surface area contributed by atoms with Crippen molar-refractivity contribution < 1.29 is 9.47 Å². The zero-order valence-electron chi connectivity index (χ0n) is 12.1. The summed E-state index contributed by atoms with van der Waals surface area (Å²) in [6, 6.07) is 0. The predicted molar refractivity (Wildman–Crippen MR) is 73.8 cm³/mol. The fourth-order valence-electron chi connectivity index (χ4n) is 1.69. The van der Waals surface area contributed by atoms with Gasteiger partial charge in [0, 0.05) is 0 Å². The number of allylic oxidation sites excluding steroid dienone is 3. The van der Waals surface area contributed by atoms with Crippen molar-refractivity contribution in [3.63, 3.8) is 0 Å². The highest BCUT2D eigenvalue weighted by atomic mass is 16.5. The Balaban J connectivity index is 4.22. The molecule has 100 valence electrons. The van der Waals surface area contributed by atoms with Gasteiger partial charge >= 0.3 is 0 Å². The number of ether oxygens (including phenoxy) is 2. The molecule has 0 radical (unpaired) electrons. The molecule has 0 aliphatic rings. The molecule has 0 spiro atoms. The van der Waals surface area contributed by atoms with Gasteiger partial charge in [-0.3, -0.25) is 0 Å². The van der Waals surface area contributed by atoms with Crippen LogP contribution < -0.4 is 0 Å². The zero-order chi connectivity index (χ0) is 13.1. The van der Waals surface area contributed by atoms with Crippen molar-refractivity contribution in [3.05, 3.63) is 23.7 Å². The second-order valence-electron chi connectivity index (χ2n) is 4.35. The molecule has 2 heteroatoms. The van der Waals surface area contributed by atoms with Gasteiger partial charge in [-0.2, -0.15) is 0 Å². The summed E-state index contributed by atoms with van der Waals surface area (Å²) >= 11 is 0.